The normalized spacial score (nSPS) is 10.5. The first-order valence-corrected chi connectivity index (χ1v) is 4.10. The molecule has 0 atom stereocenters. The Morgan fingerprint density at radius 2 is 2.23 bits per heavy atom. The van der Waals surface area contributed by atoms with Crippen molar-refractivity contribution >= 4 is 22.8 Å². The summed E-state index contributed by atoms with van der Waals surface area (Å²) < 4.78 is 0. The molecule has 66 valence electrons. The predicted octanol–water partition coefficient (Wildman–Crippen LogP) is 2.06. The van der Waals surface area contributed by atoms with Crippen LogP contribution in [0.25, 0.3) is 10.9 Å². The van der Waals surface area contributed by atoms with Crippen molar-refractivity contribution in [2.45, 2.75) is 6.92 Å². The molecule has 0 spiro atoms. The van der Waals surface area contributed by atoms with E-state index in [1.807, 2.05) is 25.3 Å². The summed E-state index contributed by atoms with van der Waals surface area (Å²) in [6.45, 7) is 1.97. The second kappa shape index (κ2) is 2.62. The molecule has 0 unspecified atom stereocenters. The van der Waals surface area contributed by atoms with Gasteiger partial charge in [-0.25, -0.2) is 0 Å². The van der Waals surface area contributed by atoms with Crippen molar-refractivity contribution in [2.75, 3.05) is 5.73 Å². The number of fused-ring (bicyclic) bond motifs is 1. The van der Waals surface area contributed by atoms with Crippen LogP contribution in [0, 0.1) is 12.3 Å². The summed E-state index contributed by atoms with van der Waals surface area (Å²) in [5.74, 6) is 0. The summed E-state index contributed by atoms with van der Waals surface area (Å²) in [6, 6.07) is 3.81. The van der Waals surface area contributed by atoms with Crippen LogP contribution in [0.15, 0.2) is 18.3 Å². The molecule has 0 saturated carbocycles. The lowest BCUT2D eigenvalue weighted by molar-refractivity contribution is 1.41. The highest BCUT2D eigenvalue weighted by molar-refractivity contribution is 6.00. The summed E-state index contributed by atoms with van der Waals surface area (Å²) >= 11 is 0. The molecule has 3 heteroatoms. The number of aromatic amines is 1. The van der Waals surface area contributed by atoms with Crippen LogP contribution in [-0.4, -0.2) is 11.2 Å². The minimum atomic E-state index is 0.783. The number of nitrogens with two attached hydrogens (primary N) is 1. The Labute approximate surface area is 76.1 Å². The Morgan fingerprint density at radius 1 is 1.46 bits per heavy atom. The van der Waals surface area contributed by atoms with Crippen molar-refractivity contribution in [3.8, 4) is 0 Å². The van der Waals surface area contributed by atoms with E-state index in [-0.39, 0.29) is 0 Å². The summed E-state index contributed by atoms with van der Waals surface area (Å²) in [4.78, 5) is 3.12. The maximum Gasteiger partial charge on any atom is 0.0511 e. The van der Waals surface area contributed by atoms with Gasteiger partial charge in [0.2, 0.25) is 0 Å². The van der Waals surface area contributed by atoms with Crippen LogP contribution in [-0.2, 0) is 0 Å². The van der Waals surface area contributed by atoms with Gasteiger partial charge in [0.15, 0.2) is 0 Å². The van der Waals surface area contributed by atoms with Gasteiger partial charge in [-0.3, -0.25) is 0 Å². The van der Waals surface area contributed by atoms with Crippen LogP contribution in [0.5, 0.6) is 0 Å². The van der Waals surface area contributed by atoms with Crippen molar-refractivity contribution in [1.82, 2.24) is 4.98 Å². The molecule has 0 saturated heterocycles. The van der Waals surface area contributed by atoms with E-state index < -0.39 is 0 Å². The SMILES string of the molecule is Cc1c(N)ccc2c(C=N)c[nH]c12. The third-order valence-electron chi connectivity index (χ3n) is 2.35. The molecule has 3 nitrogen and oxygen atoms in total. The van der Waals surface area contributed by atoms with Crippen LogP contribution < -0.4 is 5.73 Å². The first kappa shape index (κ1) is 7.86. The number of hydrogen-bond acceptors (Lipinski definition) is 2. The van der Waals surface area contributed by atoms with Crippen molar-refractivity contribution in [3.63, 3.8) is 0 Å². The van der Waals surface area contributed by atoms with Crippen LogP contribution in [0.2, 0.25) is 0 Å². The smallest absolute Gasteiger partial charge is 0.0511 e. The third kappa shape index (κ3) is 1.01. The van der Waals surface area contributed by atoms with E-state index in [1.165, 1.54) is 6.21 Å². The monoisotopic (exact) mass is 173 g/mol. The van der Waals surface area contributed by atoms with Crippen LogP contribution in [0.4, 0.5) is 5.69 Å². The molecule has 1 heterocycles. The molecule has 0 aliphatic heterocycles. The van der Waals surface area contributed by atoms with Crippen molar-refractivity contribution < 1.29 is 0 Å². The number of anilines is 1. The van der Waals surface area contributed by atoms with Gasteiger partial charge in [-0.2, -0.15) is 0 Å². The minimum absolute atomic E-state index is 0.783. The molecule has 2 aromatic rings. The number of aromatic nitrogens is 1. The van der Waals surface area contributed by atoms with Gasteiger partial charge in [0.25, 0.3) is 0 Å². The number of rotatable bonds is 1. The second-order valence-corrected chi connectivity index (χ2v) is 3.09. The van der Waals surface area contributed by atoms with Gasteiger partial charge in [-0.1, -0.05) is 6.07 Å². The highest BCUT2D eigenvalue weighted by Gasteiger charge is 2.04. The molecule has 2 rings (SSSR count). The first-order valence-electron chi connectivity index (χ1n) is 4.10. The van der Waals surface area contributed by atoms with E-state index in [4.69, 9.17) is 11.1 Å². The minimum Gasteiger partial charge on any atom is -0.398 e. The summed E-state index contributed by atoms with van der Waals surface area (Å²) in [6.07, 6.45) is 3.17. The lowest BCUT2D eigenvalue weighted by atomic mass is 10.1. The first-order chi connectivity index (χ1) is 6.24. The zero-order valence-corrected chi connectivity index (χ0v) is 7.39. The number of H-pyrrole nitrogens is 1. The maximum atomic E-state index is 7.19. The molecule has 0 radical (unpaired) electrons. The van der Waals surface area contributed by atoms with Gasteiger partial charge >= 0.3 is 0 Å². The Morgan fingerprint density at radius 3 is 2.92 bits per heavy atom. The second-order valence-electron chi connectivity index (χ2n) is 3.09. The molecule has 0 fully saturated rings. The Hall–Kier alpha value is -1.77. The highest BCUT2D eigenvalue weighted by atomic mass is 14.7. The predicted molar refractivity (Wildman–Crippen MR) is 55.3 cm³/mol. The average molecular weight is 173 g/mol. The molecule has 0 bridgehead atoms. The van der Waals surface area contributed by atoms with Crippen molar-refractivity contribution in [3.05, 3.63) is 29.5 Å². The fourth-order valence-electron chi connectivity index (χ4n) is 1.50. The highest BCUT2D eigenvalue weighted by Crippen LogP contribution is 2.24. The van der Waals surface area contributed by atoms with Gasteiger partial charge in [0.1, 0.15) is 0 Å². The summed E-state index contributed by atoms with van der Waals surface area (Å²) in [5, 5.41) is 8.25. The molecule has 13 heavy (non-hydrogen) atoms. The zero-order valence-electron chi connectivity index (χ0n) is 7.39. The van der Waals surface area contributed by atoms with E-state index in [2.05, 4.69) is 4.98 Å². The summed E-state index contributed by atoms with van der Waals surface area (Å²) in [7, 11) is 0. The zero-order chi connectivity index (χ0) is 9.42. The number of nitrogens with one attached hydrogen (secondary N) is 2. The number of benzene rings is 1. The molecule has 0 aliphatic rings. The number of nitrogen functional groups attached to an aromatic ring is 1. The largest absolute Gasteiger partial charge is 0.398 e. The number of aryl methyl sites for hydroxylation is 1. The Balaban J connectivity index is 2.88. The maximum absolute atomic E-state index is 7.19. The average Bonchev–Trinajstić information content (AvgIpc) is 2.55. The standard InChI is InChI=1S/C10H11N3/c1-6-9(12)3-2-8-7(4-11)5-13-10(6)8/h2-5,11,13H,12H2,1H3. The lowest BCUT2D eigenvalue weighted by Crippen LogP contribution is -1.89. The number of hydrogen-bond donors (Lipinski definition) is 3. The van der Waals surface area contributed by atoms with Gasteiger partial charge in [-0.05, 0) is 18.6 Å². The van der Waals surface area contributed by atoms with Crippen LogP contribution in [0.3, 0.4) is 0 Å². The third-order valence-corrected chi connectivity index (χ3v) is 2.35. The molecule has 1 aromatic carbocycles. The molecular weight excluding hydrogens is 162 g/mol. The van der Waals surface area contributed by atoms with Crippen molar-refractivity contribution in [1.29, 1.82) is 5.41 Å². The van der Waals surface area contributed by atoms with Gasteiger partial charge in [-0.15, -0.1) is 0 Å². The fraction of sp³-hybridized carbons (Fsp3) is 0.100. The van der Waals surface area contributed by atoms with Gasteiger partial charge < -0.3 is 16.1 Å². The molecule has 0 amide bonds. The van der Waals surface area contributed by atoms with Gasteiger partial charge in [0, 0.05) is 29.0 Å². The van der Waals surface area contributed by atoms with E-state index in [0.29, 0.717) is 0 Å². The Kier molecular flexibility index (Phi) is 1.59. The van der Waals surface area contributed by atoms with Crippen LogP contribution in [0.1, 0.15) is 11.1 Å². The van der Waals surface area contributed by atoms with Crippen LogP contribution >= 0.6 is 0 Å². The van der Waals surface area contributed by atoms with E-state index in [0.717, 1.165) is 27.7 Å². The van der Waals surface area contributed by atoms with E-state index >= 15 is 0 Å². The molecule has 0 aliphatic carbocycles. The molecule has 1 aromatic heterocycles. The van der Waals surface area contributed by atoms with E-state index in [1.54, 1.807) is 0 Å². The summed E-state index contributed by atoms with van der Waals surface area (Å²) in [5.41, 5.74) is 9.52. The fourth-order valence-corrected chi connectivity index (χ4v) is 1.50. The molecule has 4 N–H and O–H groups in total. The lowest BCUT2D eigenvalue weighted by Gasteiger charge is -2.00. The quantitative estimate of drug-likeness (QED) is 0.448. The van der Waals surface area contributed by atoms with Gasteiger partial charge in [0.05, 0.1) is 5.52 Å². The Bertz CT molecular complexity index is 468. The van der Waals surface area contributed by atoms with E-state index in [9.17, 15) is 0 Å². The molecular formula is C10H11N3. The van der Waals surface area contributed by atoms with Crippen molar-refractivity contribution in [2.24, 2.45) is 0 Å². The topological polar surface area (TPSA) is 65.7 Å².